The maximum Gasteiger partial charge on any atom is 0.158 e. The van der Waals surface area contributed by atoms with Crippen molar-refractivity contribution in [2.75, 3.05) is 0 Å². The van der Waals surface area contributed by atoms with Gasteiger partial charge in [-0.2, -0.15) is 0 Å². The molecule has 0 aromatic carbocycles. The topological polar surface area (TPSA) is 37.3 Å². The first-order valence-electron chi connectivity index (χ1n) is 7.84. The second-order valence-corrected chi connectivity index (χ2v) is 6.31. The van der Waals surface area contributed by atoms with E-state index in [1.165, 1.54) is 0 Å². The number of carbonyl (C=O) groups is 1. The average Bonchev–Trinajstić information content (AvgIpc) is 2.43. The van der Waals surface area contributed by atoms with E-state index < -0.39 is 0 Å². The van der Waals surface area contributed by atoms with E-state index >= 15 is 0 Å². The Morgan fingerprint density at radius 3 is 2.90 bits per heavy atom. The second kappa shape index (κ2) is 6.92. The van der Waals surface area contributed by atoms with Gasteiger partial charge in [0.15, 0.2) is 5.78 Å². The minimum atomic E-state index is 0.283. The Bertz CT molecular complexity index is 431. The van der Waals surface area contributed by atoms with Gasteiger partial charge in [-0.3, -0.25) is 4.79 Å². The van der Waals surface area contributed by atoms with Gasteiger partial charge in [0.05, 0.1) is 5.76 Å². The van der Waals surface area contributed by atoms with E-state index in [0.29, 0.717) is 42.8 Å². The number of aliphatic hydroxyl groups is 1. The van der Waals surface area contributed by atoms with Gasteiger partial charge >= 0.3 is 0 Å². The first-order valence-corrected chi connectivity index (χ1v) is 7.84. The van der Waals surface area contributed by atoms with Crippen LogP contribution in [0.1, 0.15) is 51.9 Å². The summed E-state index contributed by atoms with van der Waals surface area (Å²) < 4.78 is 0. The zero-order valence-corrected chi connectivity index (χ0v) is 12.5. The normalized spacial score (nSPS) is 33.9. The summed E-state index contributed by atoms with van der Waals surface area (Å²) in [5.74, 6) is 2.22. The first-order chi connectivity index (χ1) is 9.60. The van der Waals surface area contributed by atoms with Gasteiger partial charge in [-0.1, -0.05) is 19.1 Å². The number of fused-ring (bicyclic) bond motifs is 1. The Labute approximate surface area is 122 Å². The Morgan fingerprint density at radius 1 is 1.35 bits per heavy atom. The van der Waals surface area contributed by atoms with Crippen molar-refractivity contribution in [1.29, 1.82) is 0 Å². The molecule has 0 saturated heterocycles. The van der Waals surface area contributed by atoms with Crippen molar-refractivity contribution < 1.29 is 9.90 Å². The van der Waals surface area contributed by atoms with Crippen molar-refractivity contribution in [3.63, 3.8) is 0 Å². The van der Waals surface area contributed by atoms with E-state index in [0.717, 1.165) is 31.3 Å². The van der Waals surface area contributed by atoms with Crippen LogP contribution in [-0.2, 0) is 4.79 Å². The molecule has 2 aliphatic rings. The fourth-order valence-corrected chi connectivity index (χ4v) is 3.43. The van der Waals surface area contributed by atoms with Gasteiger partial charge in [0.2, 0.25) is 0 Å². The number of carbonyl (C=O) groups excluding carboxylic acids is 1. The zero-order chi connectivity index (χ0) is 14.5. The van der Waals surface area contributed by atoms with Gasteiger partial charge in [0.1, 0.15) is 0 Å². The van der Waals surface area contributed by atoms with Crippen molar-refractivity contribution in [2.24, 2.45) is 17.8 Å². The maximum absolute atomic E-state index is 11.9. The van der Waals surface area contributed by atoms with E-state index in [9.17, 15) is 9.90 Å². The molecule has 1 N–H and O–H groups in total. The molecular weight excluding hydrogens is 248 g/mol. The molecule has 0 fully saturated rings. The number of ketones is 1. The van der Waals surface area contributed by atoms with Crippen LogP contribution in [0.5, 0.6) is 0 Å². The third-order valence-electron chi connectivity index (χ3n) is 4.70. The molecule has 2 aliphatic carbocycles. The van der Waals surface area contributed by atoms with E-state index in [-0.39, 0.29) is 5.78 Å². The summed E-state index contributed by atoms with van der Waals surface area (Å²) in [5, 5.41) is 10.1. The molecule has 0 saturated carbocycles. The monoisotopic (exact) mass is 274 g/mol. The number of aliphatic hydroxyl groups excluding tert-OH is 1. The van der Waals surface area contributed by atoms with Gasteiger partial charge in [-0.05, 0) is 61.5 Å². The summed E-state index contributed by atoms with van der Waals surface area (Å²) in [4.78, 5) is 11.9. The maximum atomic E-state index is 11.9. The lowest BCUT2D eigenvalue weighted by molar-refractivity contribution is -0.116. The predicted molar refractivity (Wildman–Crippen MR) is 82.5 cm³/mol. The van der Waals surface area contributed by atoms with Crippen molar-refractivity contribution in [2.45, 2.75) is 51.9 Å². The molecule has 0 aromatic heterocycles. The predicted octanol–water partition coefficient (Wildman–Crippen LogP) is 4.74. The fraction of sp³-hybridized carbons (Fsp3) is 0.611. The molecule has 0 radical (unpaired) electrons. The molecule has 0 amide bonds. The number of allylic oxidation sites excluding steroid dienone is 5. The van der Waals surface area contributed by atoms with Crippen LogP contribution in [0, 0.1) is 17.8 Å². The molecule has 2 heteroatoms. The summed E-state index contributed by atoms with van der Waals surface area (Å²) in [7, 11) is 0. The number of hydrogen-bond acceptors (Lipinski definition) is 2. The summed E-state index contributed by atoms with van der Waals surface area (Å²) in [6.07, 6.45) is 12.3. The Hall–Kier alpha value is -1.31. The molecule has 20 heavy (non-hydrogen) atoms. The molecule has 0 heterocycles. The van der Waals surface area contributed by atoms with Gasteiger partial charge in [-0.15, -0.1) is 6.58 Å². The minimum absolute atomic E-state index is 0.283. The third-order valence-corrected chi connectivity index (χ3v) is 4.70. The van der Waals surface area contributed by atoms with E-state index in [1.807, 2.05) is 12.2 Å². The smallest absolute Gasteiger partial charge is 0.158 e. The van der Waals surface area contributed by atoms with Crippen molar-refractivity contribution in [3.8, 4) is 0 Å². The van der Waals surface area contributed by atoms with Crippen LogP contribution in [0.4, 0.5) is 0 Å². The lowest BCUT2D eigenvalue weighted by atomic mass is 9.77. The van der Waals surface area contributed by atoms with Crippen LogP contribution in [-0.4, -0.2) is 10.9 Å². The molecular formula is C18H26O2. The zero-order valence-electron chi connectivity index (χ0n) is 12.5. The quantitative estimate of drug-likeness (QED) is 0.755. The highest BCUT2D eigenvalue weighted by molar-refractivity contribution is 5.96. The lowest BCUT2D eigenvalue weighted by Crippen LogP contribution is -2.20. The van der Waals surface area contributed by atoms with Crippen LogP contribution in [0.2, 0.25) is 0 Å². The minimum Gasteiger partial charge on any atom is -0.513 e. The molecule has 2 bridgehead atoms. The number of hydrogen-bond donors (Lipinski definition) is 1. The first kappa shape index (κ1) is 15.1. The van der Waals surface area contributed by atoms with Crippen molar-refractivity contribution in [1.82, 2.24) is 0 Å². The number of rotatable bonds is 3. The lowest BCUT2D eigenvalue weighted by Gasteiger charge is -2.28. The molecule has 0 spiro atoms. The number of Topliss-reactive ketones (excluding diaryl/α,β-unsaturated/α-hetero) is 1. The highest BCUT2D eigenvalue weighted by Crippen LogP contribution is 2.34. The van der Waals surface area contributed by atoms with Gasteiger partial charge < -0.3 is 5.11 Å². The van der Waals surface area contributed by atoms with Crippen LogP contribution in [0.3, 0.4) is 0 Å². The van der Waals surface area contributed by atoms with Gasteiger partial charge in [0, 0.05) is 12.8 Å². The van der Waals surface area contributed by atoms with E-state index in [2.05, 4.69) is 19.6 Å². The van der Waals surface area contributed by atoms with Crippen LogP contribution in [0.25, 0.3) is 0 Å². The molecule has 3 atom stereocenters. The summed E-state index contributed by atoms with van der Waals surface area (Å²) >= 11 is 0. The Morgan fingerprint density at radius 2 is 2.15 bits per heavy atom. The Kier molecular flexibility index (Phi) is 5.22. The molecule has 0 aromatic rings. The molecule has 2 rings (SSSR count). The Balaban J connectivity index is 2.16. The van der Waals surface area contributed by atoms with Crippen LogP contribution in [0.15, 0.2) is 36.1 Å². The van der Waals surface area contributed by atoms with E-state index in [4.69, 9.17) is 0 Å². The average molecular weight is 274 g/mol. The van der Waals surface area contributed by atoms with Gasteiger partial charge in [0.25, 0.3) is 0 Å². The standard InChI is InChI=1S/C18H26O2/c1-3-4-5-15-12-17(19)8-7-16-11-14(10-13(15)2)6-9-18(16)20/h3,11-15,19H,1,4-10H2,2H3/b17-12+/t13-,14+,15-/m0/s1. The largest absolute Gasteiger partial charge is 0.513 e. The molecule has 110 valence electrons. The third kappa shape index (κ3) is 3.84. The van der Waals surface area contributed by atoms with Crippen molar-refractivity contribution in [3.05, 3.63) is 36.1 Å². The van der Waals surface area contributed by atoms with Crippen LogP contribution >= 0.6 is 0 Å². The molecule has 2 nitrogen and oxygen atoms in total. The SMILES string of the molecule is C=CCC[C@H]1/C=C(/O)CCC2=C[C@H](CCC2=O)C[C@@H]1C. The molecule has 0 aliphatic heterocycles. The van der Waals surface area contributed by atoms with Gasteiger partial charge in [-0.25, -0.2) is 0 Å². The fourth-order valence-electron chi connectivity index (χ4n) is 3.43. The summed E-state index contributed by atoms with van der Waals surface area (Å²) in [5.41, 5.74) is 0.943. The second-order valence-electron chi connectivity index (χ2n) is 6.31. The summed E-state index contributed by atoms with van der Waals surface area (Å²) in [6.45, 7) is 6.06. The van der Waals surface area contributed by atoms with Crippen molar-refractivity contribution >= 4 is 5.78 Å². The van der Waals surface area contributed by atoms with E-state index in [1.54, 1.807) is 0 Å². The molecule has 0 unspecified atom stereocenters. The highest BCUT2D eigenvalue weighted by atomic mass is 16.3. The highest BCUT2D eigenvalue weighted by Gasteiger charge is 2.25. The van der Waals surface area contributed by atoms with Crippen LogP contribution < -0.4 is 0 Å². The summed E-state index contributed by atoms with van der Waals surface area (Å²) in [6, 6.07) is 0.